The minimum Gasteiger partial charge on any atom is -0.451 e. The summed E-state index contributed by atoms with van der Waals surface area (Å²) in [5.41, 5.74) is 1.35. The number of carbonyl (C=O) groups is 2. The van der Waals surface area contributed by atoms with Crippen LogP contribution in [-0.4, -0.2) is 18.4 Å². The molecular weight excluding hydrogens is 300 g/mol. The lowest BCUT2D eigenvalue weighted by Gasteiger charge is -2.01. The first kappa shape index (κ1) is 14.5. The zero-order valence-electron chi connectivity index (χ0n) is 12.2. The van der Waals surface area contributed by atoms with E-state index in [4.69, 9.17) is 9.15 Å². The van der Waals surface area contributed by atoms with E-state index < -0.39 is 5.97 Å². The van der Waals surface area contributed by atoms with Gasteiger partial charge in [-0.15, -0.1) is 11.3 Å². The molecule has 1 aromatic carbocycles. The molecular formula is C17H14O4S. The average Bonchev–Trinajstić information content (AvgIpc) is 3.09. The standard InChI is InChI=1S/C17H14O4S/c1-10-7-8-15(22-10)13(18)9-20-17(19)16-11(2)12-5-3-4-6-14(12)21-16/h3-8H,9H2,1-2H3. The van der Waals surface area contributed by atoms with Crippen molar-refractivity contribution >= 4 is 34.1 Å². The highest BCUT2D eigenvalue weighted by Crippen LogP contribution is 2.25. The smallest absolute Gasteiger partial charge is 0.375 e. The van der Waals surface area contributed by atoms with Crippen LogP contribution in [0.5, 0.6) is 0 Å². The van der Waals surface area contributed by atoms with Crippen molar-refractivity contribution in [2.45, 2.75) is 13.8 Å². The predicted molar refractivity (Wildman–Crippen MR) is 84.6 cm³/mol. The molecule has 2 heterocycles. The van der Waals surface area contributed by atoms with Crippen molar-refractivity contribution in [3.05, 3.63) is 57.5 Å². The Morgan fingerprint density at radius 3 is 2.59 bits per heavy atom. The van der Waals surface area contributed by atoms with E-state index in [2.05, 4.69) is 0 Å². The second-order valence-electron chi connectivity index (χ2n) is 4.96. The third-order valence-corrected chi connectivity index (χ3v) is 4.42. The van der Waals surface area contributed by atoms with Gasteiger partial charge in [0.1, 0.15) is 5.58 Å². The molecule has 4 nitrogen and oxygen atoms in total. The van der Waals surface area contributed by atoms with Crippen molar-refractivity contribution in [3.8, 4) is 0 Å². The fourth-order valence-corrected chi connectivity index (χ4v) is 3.01. The van der Waals surface area contributed by atoms with Crippen LogP contribution < -0.4 is 0 Å². The van der Waals surface area contributed by atoms with Gasteiger partial charge in [0.05, 0.1) is 4.88 Å². The first-order valence-electron chi connectivity index (χ1n) is 6.81. The monoisotopic (exact) mass is 314 g/mol. The van der Waals surface area contributed by atoms with E-state index in [9.17, 15) is 9.59 Å². The van der Waals surface area contributed by atoms with Crippen molar-refractivity contribution in [3.63, 3.8) is 0 Å². The van der Waals surface area contributed by atoms with Crippen molar-refractivity contribution in [1.29, 1.82) is 0 Å². The Labute approximate surface area is 131 Å². The molecule has 0 aliphatic rings. The maximum Gasteiger partial charge on any atom is 0.375 e. The van der Waals surface area contributed by atoms with Crippen molar-refractivity contribution in [2.24, 2.45) is 0 Å². The molecule has 0 N–H and O–H groups in total. The summed E-state index contributed by atoms with van der Waals surface area (Å²) in [5, 5.41) is 0.870. The lowest BCUT2D eigenvalue weighted by atomic mass is 10.1. The van der Waals surface area contributed by atoms with Crippen LogP contribution in [0.15, 0.2) is 40.8 Å². The van der Waals surface area contributed by atoms with Gasteiger partial charge in [-0.2, -0.15) is 0 Å². The van der Waals surface area contributed by atoms with E-state index in [0.29, 0.717) is 10.5 Å². The van der Waals surface area contributed by atoms with Gasteiger partial charge in [0.2, 0.25) is 11.5 Å². The first-order chi connectivity index (χ1) is 10.6. The Kier molecular flexibility index (Phi) is 3.81. The quantitative estimate of drug-likeness (QED) is 0.536. The number of hydrogen-bond donors (Lipinski definition) is 0. The van der Waals surface area contributed by atoms with E-state index in [1.54, 1.807) is 19.1 Å². The third kappa shape index (κ3) is 2.67. The summed E-state index contributed by atoms with van der Waals surface area (Å²) in [7, 11) is 0. The van der Waals surface area contributed by atoms with Crippen LogP contribution in [0.25, 0.3) is 11.0 Å². The number of Topliss-reactive ketones (excluding diaryl/α,β-unsaturated/α-hetero) is 1. The largest absolute Gasteiger partial charge is 0.451 e. The molecule has 0 saturated carbocycles. The molecule has 0 spiro atoms. The van der Waals surface area contributed by atoms with Gasteiger partial charge in [0.15, 0.2) is 6.61 Å². The molecule has 0 atom stereocenters. The number of ether oxygens (including phenoxy) is 1. The van der Waals surface area contributed by atoms with Gasteiger partial charge in [0.25, 0.3) is 0 Å². The van der Waals surface area contributed by atoms with Crippen LogP contribution in [0.3, 0.4) is 0 Å². The van der Waals surface area contributed by atoms with Crippen LogP contribution in [0.1, 0.15) is 30.7 Å². The summed E-state index contributed by atoms with van der Waals surface area (Å²) in [6.07, 6.45) is 0. The molecule has 0 radical (unpaired) electrons. The van der Waals surface area contributed by atoms with Gasteiger partial charge in [-0.3, -0.25) is 4.79 Å². The highest BCUT2D eigenvalue weighted by atomic mass is 32.1. The molecule has 0 bridgehead atoms. The van der Waals surface area contributed by atoms with Gasteiger partial charge >= 0.3 is 5.97 Å². The average molecular weight is 314 g/mol. The number of hydrogen-bond acceptors (Lipinski definition) is 5. The Morgan fingerprint density at radius 2 is 1.91 bits per heavy atom. The van der Waals surface area contributed by atoms with Gasteiger partial charge < -0.3 is 9.15 Å². The highest BCUT2D eigenvalue weighted by Gasteiger charge is 2.20. The summed E-state index contributed by atoms with van der Waals surface area (Å²) >= 11 is 1.39. The molecule has 3 aromatic rings. The molecule has 2 aromatic heterocycles. The number of furan rings is 1. The summed E-state index contributed by atoms with van der Waals surface area (Å²) in [5.74, 6) is -0.674. The van der Waals surface area contributed by atoms with E-state index >= 15 is 0 Å². The normalized spacial score (nSPS) is 10.8. The van der Waals surface area contributed by atoms with Gasteiger partial charge in [-0.1, -0.05) is 18.2 Å². The number of benzene rings is 1. The molecule has 0 fully saturated rings. The second-order valence-corrected chi connectivity index (χ2v) is 6.25. The molecule has 3 rings (SSSR count). The van der Waals surface area contributed by atoms with E-state index in [0.717, 1.165) is 15.8 Å². The number of carbonyl (C=O) groups excluding carboxylic acids is 2. The van der Waals surface area contributed by atoms with Gasteiger partial charge in [-0.05, 0) is 32.0 Å². The van der Waals surface area contributed by atoms with Crippen molar-refractivity contribution in [1.82, 2.24) is 0 Å². The molecule has 0 saturated heterocycles. The molecule has 22 heavy (non-hydrogen) atoms. The molecule has 0 amide bonds. The molecule has 112 valence electrons. The number of rotatable bonds is 4. The van der Waals surface area contributed by atoms with Crippen LogP contribution >= 0.6 is 11.3 Å². The van der Waals surface area contributed by atoms with Gasteiger partial charge in [-0.25, -0.2) is 4.79 Å². The van der Waals surface area contributed by atoms with Crippen LogP contribution in [0.4, 0.5) is 0 Å². The van der Waals surface area contributed by atoms with Crippen molar-refractivity contribution in [2.75, 3.05) is 6.61 Å². The number of fused-ring (bicyclic) bond motifs is 1. The van der Waals surface area contributed by atoms with Crippen LogP contribution in [0.2, 0.25) is 0 Å². The lowest BCUT2D eigenvalue weighted by molar-refractivity contribution is 0.0446. The molecule has 0 unspecified atom stereocenters. The minimum atomic E-state index is -0.615. The summed E-state index contributed by atoms with van der Waals surface area (Å²) < 4.78 is 10.6. The third-order valence-electron chi connectivity index (χ3n) is 3.38. The van der Waals surface area contributed by atoms with E-state index in [-0.39, 0.29) is 18.2 Å². The zero-order chi connectivity index (χ0) is 15.7. The van der Waals surface area contributed by atoms with Crippen LogP contribution in [0, 0.1) is 13.8 Å². The molecule has 5 heteroatoms. The Balaban J connectivity index is 1.73. The Morgan fingerprint density at radius 1 is 1.14 bits per heavy atom. The van der Waals surface area contributed by atoms with Crippen LogP contribution in [-0.2, 0) is 4.74 Å². The van der Waals surface area contributed by atoms with E-state index in [1.165, 1.54) is 11.3 Å². The number of thiophene rings is 1. The fraction of sp³-hybridized carbons (Fsp3) is 0.176. The topological polar surface area (TPSA) is 56.5 Å². The summed E-state index contributed by atoms with van der Waals surface area (Å²) in [4.78, 5) is 25.7. The molecule has 0 aliphatic carbocycles. The number of esters is 1. The summed E-state index contributed by atoms with van der Waals surface area (Å²) in [6.45, 7) is 3.44. The SMILES string of the molecule is Cc1ccc(C(=O)COC(=O)c2oc3ccccc3c2C)s1. The maximum absolute atomic E-state index is 12.1. The van der Waals surface area contributed by atoms with E-state index in [1.807, 2.05) is 31.2 Å². The molecule has 0 aliphatic heterocycles. The Hall–Kier alpha value is -2.40. The second kappa shape index (κ2) is 5.77. The highest BCUT2D eigenvalue weighted by molar-refractivity contribution is 7.14. The summed E-state index contributed by atoms with van der Waals surface area (Å²) in [6, 6.07) is 11.0. The number of ketones is 1. The first-order valence-corrected chi connectivity index (χ1v) is 7.63. The number of para-hydroxylation sites is 1. The Bertz CT molecular complexity index is 857. The predicted octanol–water partition coefficient (Wildman–Crippen LogP) is 4.15. The zero-order valence-corrected chi connectivity index (χ0v) is 13.0. The number of aryl methyl sites for hydroxylation is 2. The van der Waals surface area contributed by atoms with Crippen molar-refractivity contribution < 1.29 is 18.7 Å². The van der Waals surface area contributed by atoms with Gasteiger partial charge in [0, 0.05) is 15.8 Å². The minimum absolute atomic E-state index is 0.149. The lowest BCUT2D eigenvalue weighted by Crippen LogP contribution is -2.13. The fourth-order valence-electron chi connectivity index (χ4n) is 2.22. The maximum atomic E-state index is 12.1.